The van der Waals surface area contributed by atoms with Crippen LogP contribution in [0.25, 0.3) is 32.9 Å². The molecular weight excluding hydrogens is 544 g/mol. The van der Waals surface area contributed by atoms with Gasteiger partial charge in [-0.2, -0.15) is 10.5 Å². The number of hydrogen-bond donors (Lipinski definition) is 3. The number of aromatic amines is 2. The van der Waals surface area contributed by atoms with E-state index in [0.717, 1.165) is 63.9 Å². The van der Waals surface area contributed by atoms with E-state index in [0.29, 0.717) is 26.7 Å². The van der Waals surface area contributed by atoms with E-state index >= 15 is 0 Å². The van der Waals surface area contributed by atoms with Crippen molar-refractivity contribution in [1.82, 2.24) is 9.97 Å². The van der Waals surface area contributed by atoms with Gasteiger partial charge in [0.1, 0.15) is 6.07 Å². The molecule has 7 nitrogen and oxygen atoms in total. The number of aldehydes is 2. The molecule has 0 amide bonds. The lowest BCUT2D eigenvalue weighted by Gasteiger charge is -2.13. The summed E-state index contributed by atoms with van der Waals surface area (Å²) in [6.07, 6.45) is 6.93. The van der Waals surface area contributed by atoms with Gasteiger partial charge in [0.25, 0.3) is 0 Å². The van der Waals surface area contributed by atoms with Crippen molar-refractivity contribution in [3.05, 3.63) is 93.2 Å². The van der Waals surface area contributed by atoms with Gasteiger partial charge in [-0.05, 0) is 64.2 Å². The molecule has 38 heavy (non-hydrogen) atoms. The fourth-order valence-electron chi connectivity index (χ4n) is 4.66. The summed E-state index contributed by atoms with van der Waals surface area (Å²) in [5, 5.41) is 29.4. The van der Waals surface area contributed by atoms with Crippen molar-refractivity contribution in [3.8, 4) is 23.3 Å². The standard InChI is InChI=1S/C20H16N2O2.C10H5BrN2O/c21-9-14-7-19-18(15(11-23)10-22-19)8-17(14)13-1-3-16(4-2-13)20(12-24)5-6-20;11-9-2-8-7(5-14)4-13-10(8)1-6(9)3-12/h1-4,7-8,10-11,22,24H,5-6,12H2;1-2,4-5,13H. The zero-order valence-electron chi connectivity index (χ0n) is 20.1. The first-order valence-electron chi connectivity index (χ1n) is 11.8. The number of aliphatic hydroxyl groups is 1. The first-order chi connectivity index (χ1) is 18.5. The zero-order chi connectivity index (χ0) is 26.9. The van der Waals surface area contributed by atoms with Crippen LogP contribution < -0.4 is 0 Å². The van der Waals surface area contributed by atoms with Crippen molar-refractivity contribution in [2.24, 2.45) is 0 Å². The number of carbonyl (C=O) groups excluding carboxylic acids is 2. The Morgan fingerprint density at radius 3 is 1.92 bits per heavy atom. The topological polar surface area (TPSA) is 134 Å². The third-order valence-electron chi connectivity index (χ3n) is 7.11. The highest BCUT2D eigenvalue weighted by molar-refractivity contribution is 9.10. The van der Waals surface area contributed by atoms with Gasteiger partial charge in [0.15, 0.2) is 12.6 Å². The van der Waals surface area contributed by atoms with Crippen molar-refractivity contribution >= 4 is 50.3 Å². The Morgan fingerprint density at radius 2 is 1.42 bits per heavy atom. The molecule has 2 aromatic heterocycles. The number of benzene rings is 3. The Morgan fingerprint density at radius 1 is 0.868 bits per heavy atom. The normalized spacial score (nSPS) is 13.3. The molecule has 1 fully saturated rings. The van der Waals surface area contributed by atoms with Crippen molar-refractivity contribution in [2.45, 2.75) is 18.3 Å². The summed E-state index contributed by atoms with van der Waals surface area (Å²) in [5.41, 5.74) is 6.72. The summed E-state index contributed by atoms with van der Waals surface area (Å²) >= 11 is 3.27. The molecule has 0 radical (unpaired) electrons. The van der Waals surface area contributed by atoms with Crippen LogP contribution in [0.4, 0.5) is 0 Å². The lowest BCUT2D eigenvalue weighted by molar-refractivity contribution is 0.111. The Balaban J connectivity index is 0.000000179. The molecule has 0 aliphatic heterocycles. The van der Waals surface area contributed by atoms with Gasteiger partial charge in [-0.1, -0.05) is 24.3 Å². The summed E-state index contributed by atoms with van der Waals surface area (Å²) in [7, 11) is 0. The lowest BCUT2D eigenvalue weighted by atomic mass is 9.92. The molecule has 0 atom stereocenters. The molecule has 3 N–H and O–H groups in total. The monoisotopic (exact) mass is 564 g/mol. The smallest absolute Gasteiger partial charge is 0.152 e. The Bertz CT molecular complexity index is 1780. The molecule has 0 spiro atoms. The zero-order valence-corrected chi connectivity index (χ0v) is 21.7. The first-order valence-corrected chi connectivity index (χ1v) is 12.6. The number of halogens is 1. The maximum atomic E-state index is 11.2. The molecule has 0 saturated heterocycles. The summed E-state index contributed by atoms with van der Waals surface area (Å²) in [5.74, 6) is 0. The molecule has 0 bridgehead atoms. The van der Waals surface area contributed by atoms with Gasteiger partial charge in [0.05, 0.1) is 23.8 Å². The minimum Gasteiger partial charge on any atom is -0.395 e. The SMILES string of the molecule is N#Cc1cc2[nH]cc(C=O)c2cc1-c1ccc(C2(CO)CC2)cc1.N#Cc1cc2[nH]cc(C=O)c2cc1Br. The predicted molar refractivity (Wildman–Crippen MR) is 148 cm³/mol. The lowest BCUT2D eigenvalue weighted by Crippen LogP contribution is -2.11. The van der Waals surface area contributed by atoms with Crippen LogP contribution in [0, 0.1) is 22.7 Å². The quantitative estimate of drug-likeness (QED) is 0.220. The molecular formula is C30H21BrN4O3. The number of nitriles is 2. The summed E-state index contributed by atoms with van der Waals surface area (Å²) in [6, 6.07) is 19.5. The van der Waals surface area contributed by atoms with Gasteiger partial charge in [-0.25, -0.2) is 0 Å². The Hall–Kier alpha value is -4.50. The second-order valence-electron chi connectivity index (χ2n) is 9.28. The predicted octanol–water partition coefficient (Wildman–Crippen LogP) is 6.16. The van der Waals surface area contributed by atoms with E-state index < -0.39 is 0 Å². The van der Waals surface area contributed by atoms with Gasteiger partial charge < -0.3 is 15.1 Å². The number of H-pyrrole nitrogens is 2. The van der Waals surface area contributed by atoms with Crippen LogP contribution in [-0.4, -0.2) is 34.3 Å². The van der Waals surface area contributed by atoms with Gasteiger partial charge in [0.2, 0.25) is 0 Å². The average Bonchev–Trinajstić information content (AvgIpc) is 3.51. The molecule has 1 aliphatic carbocycles. The van der Waals surface area contributed by atoms with Crippen LogP contribution >= 0.6 is 15.9 Å². The minimum absolute atomic E-state index is 0.0636. The molecule has 0 unspecified atom stereocenters. The molecule has 8 heteroatoms. The molecule has 1 aliphatic rings. The van der Waals surface area contributed by atoms with Gasteiger partial charge in [-0.15, -0.1) is 0 Å². The number of nitrogens with zero attached hydrogens (tertiary/aromatic N) is 2. The molecule has 186 valence electrons. The van der Waals surface area contributed by atoms with Crippen LogP contribution in [0.15, 0.2) is 65.4 Å². The number of fused-ring (bicyclic) bond motifs is 2. The summed E-state index contributed by atoms with van der Waals surface area (Å²) < 4.78 is 0.704. The fourth-order valence-corrected chi connectivity index (χ4v) is 5.09. The number of nitrogens with one attached hydrogen (secondary N) is 2. The van der Waals surface area contributed by atoms with E-state index in [2.05, 4.69) is 38.0 Å². The van der Waals surface area contributed by atoms with E-state index in [9.17, 15) is 20.0 Å². The van der Waals surface area contributed by atoms with E-state index in [1.807, 2.05) is 30.3 Å². The van der Waals surface area contributed by atoms with Crippen LogP contribution in [-0.2, 0) is 5.41 Å². The van der Waals surface area contributed by atoms with Crippen molar-refractivity contribution in [3.63, 3.8) is 0 Å². The number of aromatic nitrogens is 2. The van der Waals surface area contributed by atoms with Crippen LogP contribution in [0.2, 0.25) is 0 Å². The largest absolute Gasteiger partial charge is 0.395 e. The Kier molecular flexibility index (Phi) is 6.69. The van der Waals surface area contributed by atoms with Crippen molar-refractivity contribution < 1.29 is 14.7 Å². The highest BCUT2D eigenvalue weighted by Gasteiger charge is 2.43. The van der Waals surface area contributed by atoms with Crippen molar-refractivity contribution in [1.29, 1.82) is 10.5 Å². The second-order valence-corrected chi connectivity index (χ2v) is 10.1. The van der Waals surface area contributed by atoms with E-state index in [-0.39, 0.29) is 12.0 Å². The Labute approximate surface area is 226 Å². The van der Waals surface area contributed by atoms with Gasteiger partial charge >= 0.3 is 0 Å². The maximum absolute atomic E-state index is 11.2. The van der Waals surface area contributed by atoms with Crippen LogP contribution in [0.1, 0.15) is 50.2 Å². The highest BCUT2D eigenvalue weighted by atomic mass is 79.9. The fraction of sp³-hybridized carbons (Fsp3) is 0.133. The minimum atomic E-state index is -0.0636. The van der Waals surface area contributed by atoms with Crippen LogP contribution in [0.5, 0.6) is 0 Å². The van der Waals surface area contributed by atoms with Crippen molar-refractivity contribution in [2.75, 3.05) is 6.61 Å². The van der Waals surface area contributed by atoms with E-state index in [1.165, 1.54) is 0 Å². The molecule has 1 saturated carbocycles. The molecule has 3 aromatic carbocycles. The van der Waals surface area contributed by atoms with Gasteiger partial charge in [-0.3, -0.25) is 9.59 Å². The highest BCUT2D eigenvalue weighted by Crippen LogP contribution is 2.48. The number of aliphatic hydroxyl groups excluding tert-OH is 1. The van der Waals surface area contributed by atoms with Crippen LogP contribution in [0.3, 0.4) is 0 Å². The maximum Gasteiger partial charge on any atom is 0.152 e. The number of hydrogen-bond acceptors (Lipinski definition) is 5. The van der Waals surface area contributed by atoms with E-state index in [4.69, 9.17) is 5.26 Å². The third-order valence-corrected chi connectivity index (χ3v) is 7.77. The van der Waals surface area contributed by atoms with E-state index in [1.54, 1.807) is 30.6 Å². The molecule has 5 aromatic rings. The first kappa shape index (κ1) is 25.2. The second kappa shape index (κ2) is 10.1. The molecule has 6 rings (SSSR count). The van der Waals surface area contributed by atoms with Gasteiger partial charge in [0, 0.05) is 60.8 Å². The number of carbonyl (C=O) groups is 2. The third kappa shape index (κ3) is 4.41. The molecule has 2 heterocycles. The summed E-state index contributed by atoms with van der Waals surface area (Å²) in [6.45, 7) is 0.174. The summed E-state index contributed by atoms with van der Waals surface area (Å²) in [4.78, 5) is 27.8. The number of rotatable bonds is 5. The average molecular weight is 565 g/mol.